The van der Waals surface area contributed by atoms with Crippen molar-refractivity contribution >= 4 is 17.5 Å². The van der Waals surface area contributed by atoms with Crippen LogP contribution in [-0.2, 0) is 38.5 Å². The van der Waals surface area contributed by atoms with E-state index in [4.69, 9.17) is 14.6 Å². The lowest BCUT2D eigenvalue weighted by atomic mass is 9.95. The number of aryl methyl sites for hydroxylation is 2. The lowest BCUT2D eigenvalue weighted by molar-refractivity contribution is -0.144. The van der Waals surface area contributed by atoms with Gasteiger partial charge in [0.05, 0.1) is 12.1 Å². The summed E-state index contributed by atoms with van der Waals surface area (Å²) in [6.07, 6.45) is 5.06. The van der Waals surface area contributed by atoms with E-state index in [1.165, 1.54) is 6.92 Å². The van der Waals surface area contributed by atoms with E-state index in [2.05, 4.69) is 18.0 Å². The first-order chi connectivity index (χ1) is 14.4. The summed E-state index contributed by atoms with van der Waals surface area (Å²) in [7, 11) is 0. The standard InChI is InChI=1S/C23H27N3O4/c1-5-18-7-9-21-23(17-11-15(3)12-24-13-17)19(8-10-22(28)29-6-2)20(25-26(18)21)14-30-16(4)27/h7,9,11-13H,5-6,8,10,14H2,1-4H3. The number of carbonyl (C=O) groups is 2. The molecule has 0 fully saturated rings. The number of pyridine rings is 1. The van der Waals surface area contributed by atoms with E-state index in [9.17, 15) is 9.59 Å². The van der Waals surface area contributed by atoms with Crippen LogP contribution in [0.25, 0.3) is 16.6 Å². The van der Waals surface area contributed by atoms with Crippen molar-refractivity contribution in [3.63, 3.8) is 0 Å². The molecule has 158 valence electrons. The Morgan fingerprint density at radius 2 is 1.93 bits per heavy atom. The molecule has 0 aliphatic rings. The number of nitrogens with zero attached hydrogens (tertiary/aromatic N) is 3. The third-order valence-corrected chi connectivity index (χ3v) is 4.88. The van der Waals surface area contributed by atoms with Gasteiger partial charge >= 0.3 is 11.9 Å². The molecule has 0 N–H and O–H groups in total. The minimum atomic E-state index is -0.379. The summed E-state index contributed by atoms with van der Waals surface area (Å²) in [5, 5.41) is 4.78. The van der Waals surface area contributed by atoms with Gasteiger partial charge in [0.15, 0.2) is 0 Å². The zero-order chi connectivity index (χ0) is 21.7. The number of hydrogen-bond acceptors (Lipinski definition) is 6. The Balaban J connectivity index is 2.22. The van der Waals surface area contributed by atoms with E-state index < -0.39 is 0 Å². The van der Waals surface area contributed by atoms with E-state index in [0.717, 1.165) is 39.9 Å². The maximum atomic E-state index is 12.1. The van der Waals surface area contributed by atoms with E-state index in [-0.39, 0.29) is 25.0 Å². The zero-order valence-corrected chi connectivity index (χ0v) is 17.9. The Morgan fingerprint density at radius 3 is 2.60 bits per heavy atom. The molecule has 0 saturated heterocycles. The fourth-order valence-corrected chi connectivity index (χ4v) is 3.56. The highest BCUT2D eigenvalue weighted by Gasteiger charge is 2.20. The summed E-state index contributed by atoms with van der Waals surface area (Å²) < 4.78 is 12.3. The van der Waals surface area contributed by atoms with Crippen molar-refractivity contribution in [1.29, 1.82) is 0 Å². The summed E-state index contributed by atoms with van der Waals surface area (Å²) in [6.45, 7) is 7.59. The molecular formula is C23H27N3O4. The van der Waals surface area contributed by atoms with Crippen LogP contribution in [0.5, 0.6) is 0 Å². The summed E-state index contributed by atoms with van der Waals surface area (Å²) in [6, 6.07) is 6.14. The van der Waals surface area contributed by atoms with Gasteiger partial charge in [0.1, 0.15) is 12.3 Å². The summed E-state index contributed by atoms with van der Waals surface area (Å²) in [5.74, 6) is -0.649. The lowest BCUT2D eigenvalue weighted by Gasteiger charge is -2.17. The van der Waals surface area contributed by atoms with Crippen molar-refractivity contribution in [3.8, 4) is 11.1 Å². The van der Waals surface area contributed by atoms with Crippen LogP contribution in [0.2, 0.25) is 0 Å². The van der Waals surface area contributed by atoms with Crippen LogP contribution >= 0.6 is 0 Å². The van der Waals surface area contributed by atoms with E-state index >= 15 is 0 Å². The minimum absolute atomic E-state index is 0.0387. The second-order valence-corrected chi connectivity index (χ2v) is 7.11. The van der Waals surface area contributed by atoms with Gasteiger partial charge in [-0.1, -0.05) is 6.92 Å². The van der Waals surface area contributed by atoms with Gasteiger partial charge in [-0.25, -0.2) is 4.52 Å². The topological polar surface area (TPSA) is 82.8 Å². The van der Waals surface area contributed by atoms with Gasteiger partial charge in [-0.3, -0.25) is 14.6 Å². The third kappa shape index (κ3) is 4.67. The normalized spacial score (nSPS) is 10.9. The molecule has 0 unspecified atom stereocenters. The van der Waals surface area contributed by atoms with Gasteiger partial charge in [-0.05, 0) is 56.0 Å². The Morgan fingerprint density at radius 1 is 1.13 bits per heavy atom. The number of ether oxygens (including phenoxy) is 2. The number of aromatic nitrogens is 3. The molecule has 0 aromatic carbocycles. The molecule has 0 radical (unpaired) electrons. The fourth-order valence-electron chi connectivity index (χ4n) is 3.56. The van der Waals surface area contributed by atoms with Gasteiger partial charge in [-0.2, -0.15) is 5.10 Å². The number of hydrogen-bond donors (Lipinski definition) is 0. The molecule has 7 heteroatoms. The van der Waals surface area contributed by atoms with Gasteiger partial charge in [0.25, 0.3) is 0 Å². The largest absolute Gasteiger partial charge is 0.466 e. The van der Waals surface area contributed by atoms with Crippen molar-refractivity contribution in [2.24, 2.45) is 0 Å². The molecule has 0 aliphatic carbocycles. The third-order valence-electron chi connectivity index (χ3n) is 4.88. The Bertz CT molecular complexity index is 1070. The molecular weight excluding hydrogens is 382 g/mol. The van der Waals surface area contributed by atoms with Crippen LogP contribution in [0.3, 0.4) is 0 Å². The molecule has 3 rings (SSSR count). The van der Waals surface area contributed by atoms with Crippen molar-refractivity contribution in [2.45, 2.75) is 53.6 Å². The zero-order valence-electron chi connectivity index (χ0n) is 17.9. The first kappa shape index (κ1) is 21.5. The minimum Gasteiger partial charge on any atom is -0.466 e. The second kappa shape index (κ2) is 9.52. The number of rotatable bonds is 8. The SMILES string of the molecule is CCOC(=O)CCc1c(COC(C)=O)nn2c(CC)ccc2c1-c1cncc(C)c1. The van der Waals surface area contributed by atoms with Crippen LogP contribution in [0.1, 0.15) is 49.7 Å². The molecule has 0 spiro atoms. The predicted molar refractivity (Wildman–Crippen MR) is 113 cm³/mol. The fraction of sp³-hybridized carbons (Fsp3) is 0.391. The highest BCUT2D eigenvalue weighted by molar-refractivity contribution is 5.84. The van der Waals surface area contributed by atoms with Crippen LogP contribution in [0.4, 0.5) is 0 Å². The summed E-state index contributed by atoms with van der Waals surface area (Å²) >= 11 is 0. The van der Waals surface area contributed by atoms with Crippen molar-refractivity contribution in [2.75, 3.05) is 6.61 Å². The van der Waals surface area contributed by atoms with Crippen molar-refractivity contribution < 1.29 is 19.1 Å². The van der Waals surface area contributed by atoms with Crippen LogP contribution in [0.15, 0.2) is 30.6 Å². The molecule has 0 aliphatic heterocycles. The van der Waals surface area contributed by atoms with Crippen molar-refractivity contribution in [1.82, 2.24) is 14.6 Å². The van der Waals surface area contributed by atoms with Crippen LogP contribution in [0, 0.1) is 6.92 Å². The Hall–Kier alpha value is -3.22. The van der Waals surface area contributed by atoms with E-state index in [0.29, 0.717) is 18.7 Å². The van der Waals surface area contributed by atoms with E-state index in [1.807, 2.05) is 29.8 Å². The monoisotopic (exact) mass is 409 g/mol. The Kier molecular flexibility index (Phi) is 6.82. The van der Waals surface area contributed by atoms with Gasteiger partial charge < -0.3 is 9.47 Å². The highest BCUT2D eigenvalue weighted by atomic mass is 16.5. The molecule has 3 aromatic rings. The molecule has 7 nitrogen and oxygen atoms in total. The summed E-state index contributed by atoms with van der Waals surface area (Å²) in [5.41, 5.74) is 6.40. The first-order valence-electron chi connectivity index (χ1n) is 10.2. The quantitative estimate of drug-likeness (QED) is 0.526. The first-order valence-corrected chi connectivity index (χ1v) is 10.2. The molecule has 3 aromatic heterocycles. The molecule has 0 amide bonds. The van der Waals surface area contributed by atoms with Crippen molar-refractivity contribution in [3.05, 3.63) is 53.1 Å². The average molecular weight is 409 g/mol. The molecule has 3 heterocycles. The van der Waals surface area contributed by atoms with E-state index in [1.54, 1.807) is 13.1 Å². The smallest absolute Gasteiger partial charge is 0.306 e. The molecule has 30 heavy (non-hydrogen) atoms. The maximum Gasteiger partial charge on any atom is 0.306 e. The van der Waals surface area contributed by atoms with Crippen LogP contribution < -0.4 is 0 Å². The maximum absolute atomic E-state index is 12.1. The number of carbonyl (C=O) groups excluding carboxylic acids is 2. The van der Waals surface area contributed by atoms with Gasteiger partial charge in [0, 0.05) is 42.6 Å². The van der Waals surface area contributed by atoms with Crippen LogP contribution in [-0.4, -0.2) is 33.1 Å². The highest BCUT2D eigenvalue weighted by Crippen LogP contribution is 2.33. The predicted octanol–water partition coefficient (Wildman–Crippen LogP) is 3.83. The second-order valence-electron chi connectivity index (χ2n) is 7.11. The van der Waals surface area contributed by atoms with Gasteiger partial charge in [-0.15, -0.1) is 0 Å². The number of fused-ring (bicyclic) bond motifs is 1. The Labute approximate surface area is 176 Å². The average Bonchev–Trinajstić information content (AvgIpc) is 3.12. The molecule has 0 saturated carbocycles. The molecule has 0 bridgehead atoms. The summed E-state index contributed by atoms with van der Waals surface area (Å²) in [4.78, 5) is 27.9. The molecule has 0 atom stereocenters. The number of esters is 2. The lowest BCUT2D eigenvalue weighted by Crippen LogP contribution is -2.13. The van der Waals surface area contributed by atoms with Gasteiger partial charge in [0.2, 0.25) is 0 Å².